The fourth-order valence-electron chi connectivity index (χ4n) is 3.08. The minimum Gasteiger partial charge on any atom is -0.497 e. The van der Waals surface area contributed by atoms with Gasteiger partial charge in [0, 0.05) is 18.3 Å². The number of hydrogen-bond donors (Lipinski definition) is 2. The molecule has 0 bridgehead atoms. The maximum atomic E-state index is 5.27. The SMILES string of the molecule is COc1cccc(CCNc2cc(Nc3cc(C)cc(C)c3)nc(C)n2)c1. The molecule has 2 aromatic carbocycles. The fourth-order valence-corrected chi connectivity index (χ4v) is 3.08. The van der Waals surface area contributed by atoms with Crippen molar-refractivity contribution in [1.82, 2.24) is 9.97 Å². The topological polar surface area (TPSA) is 59.1 Å². The molecule has 0 aliphatic rings. The molecular formula is C22H26N4O. The zero-order valence-electron chi connectivity index (χ0n) is 16.3. The van der Waals surface area contributed by atoms with E-state index in [-0.39, 0.29) is 0 Å². The van der Waals surface area contributed by atoms with E-state index in [1.54, 1.807) is 7.11 Å². The summed E-state index contributed by atoms with van der Waals surface area (Å²) in [7, 11) is 1.69. The minimum atomic E-state index is 0.730. The van der Waals surface area contributed by atoms with Crippen LogP contribution in [0.3, 0.4) is 0 Å². The lowest BCUT2D eigenvalue weighted by atomic mass is 10.1. The Hall–Kier alpha value is -3.08. The van der Waals surface area contributed by atoms with Gasteiger partial charge in [0.05, 0.1) is 7.11 Å². The maximum absolute atomic E-state index is 5.27. The first kappa shape index (κ1) is 18.7. The first-order chi connectivity index (χ1) is 13.0. The van der Waals surface area contributed by atoms with Crippen molar-refractivity contribution in [2.24, 2.45) is 0 Å². The number of aryl methyl sites for hydroxylation is 3. The molecule has 140 valence electrons. The summed E-state index contributed by atoms with van der Waals surface area (Å²) in [6.45, 7) is 6.87. The van der Waals surface area contributed by atoms with E-state index in [2.05, 4.69) is 64.8 Å². The molecule has 0 saturated carbocycles. The molecule has 0 fully saturated rings. The molecule has 1 aromatic heterocycles. The summed E-state index contributed by atoms with van der Waals surface area (Å²) in [6.07, 6.45) is 0.889. The van der Waals surface area contributed by atoms with Gasteiger partial charge in [-0.25, -0.2) is 9.97 Å². The van der Waals surface area contributed by atoms with E-state index >= 15 is 0 Å². The Labute approximate surface area is 160 Å². The van der Waals surface area contributed by atoms with E-state index in [4.69, 9.17) is 4.74 Å². The van der Waals surface area contributed by atoms with Gasteiger partial charge < -0.3 is 15.4 Å². The van der Waals surface area contributed by atoms with Crippen LogP contribution in [0.2, 0.25) is 0 Å². The van der Waals surface area contributed by atoms with Gasteiger partial charge in [-0.05, 0) is 68.1 Å². The zero-order valence-corrected chi connectivity index (χ0v) is 16.3. The Balaban J connectivity index is 1.66. The molecule has 5 heteroatoms. The molecular weight excluding hydrogens is 336 g/mol. The van der Waals surface area contributed by atoms with Crippen LogP contribution in [0.5, 0.6) is 5.75 Å². The third kappa shape index (κ3) is 5.45. The van der Waals surface area contributed by atoms with Crippen LogP contribution in [0.1, 0.15) is 22.5 Å². The summed E-state index contributed by atoms with van der Waals surface area (Å²) < 4.78 is 5.27. The number of methoxy groups -OCH3 is 1. The highest BCUT2D eigenvalue weighted by molar-refractivity contribution is 5.60. The lowest BCUT2D eigenvalue weighted by Crippen LogP contribution is -2.08. The smallest absolute Gasteiger partial charge is 0.136 e. The van der Waals surface area contributed by atoms with Crippen molar-refractivity contribution < 1.29 is 4.74 Å². The molecule has 0 spiro atoms. The minimum absolute atomic E-state index is 0.730. The summed E-state index contributed by atoms with van der Waals surface area (Å²) in [5, 5.41) is 6.77. The number of nitrogens with zero attached hydrogens (tertiary/aromatic N) is 2. The van der Waals surface area contributed by atoms with Crippen LogP contribution >= 0.6 is 0 Å². The van der Waals surface area contributed by atoms with Gasteiger partial charge >= 0.3 is 0 Å². The lowest BCUT2D eigenvalue weighted by molar-refractivity contribution is 0.414. The lowest BCUT2D eigenvalue weighted by Gasteiger charge is -2.11. The molecule has 2 N–H and O–H groups in total. The second-order valence-electron chi connectivity index (χ2n) is 6.72. The van der Waals surface area contributed by atoms with Crippen molar-refractivity contribution in [3.05, 3.63) is 71.0 Å². The van der Waals surface area contributed by atoms with Crippen LogP contribution in [0.15, 0.2) is 48.5 Å². The molecule has 3 aromatic rings. The van der Waals surface area contributed by atoms with E-state index in [0.29, 0.717) is 0 Å². The van der Waals surface area contributed by atoms with Gasteiger partial charge in [0.15, 0.2) is 0 Å². The third-order valence-corrected chi connectivity index (χ3v) is 4.19. The average molecular weight is 362 g/mol. The predicted molar refractivity (Wildman–Crippen MR) is 111 cm³/mol. The molecule has 3 rings (SSSR count). The maximum Gasteiger partial charge on any atom is 0.136 e. The number of aromatic nitrogens is 2. The summed E-state index contributed by atoms with van der Waals surface area (Å²) in [4.78, 5) is 8.99. The van der Waals surface area contributed by atoms with Gasteiger partial charge in [-0.2, -0.15) is 0 Å². The Morgan fingerprint density at radius 2 is 1.63 bits per heavy atom. The van der Waals surface area contributed by atoms with E-state index in [9.17, 15) is 0 Å². The van der Waals surface area contributed by atoms with Crippen molar-refractivity contribution >= 4 is 17.3 Å². The molecule has 0 amide bonds. The van der Waals surface area contributed by atoms with Crippen LogP contribution in [-0.2, 0) is 6.42 Å². The first-order valence-corrected chi connectivity index (χ1v) is 9.09. The highest BCUT2D eigenvalue weighted by Crippen LogP contribution is 2.20. The van der Waals surface area contributed by atoms with Crippen molar-refractivity contribution in [3.63, 3.8) is 0 Å². The van der Waals surface area contributed by atoms with E-state index < -0.39 is 0 Å². The van der Waals surface area contributed by atoms with Gasteiger partial charge in [0.1, 0.15) is 23.2 Å². The van der Waals surface area contributed by atoms with Gasteiger partial charge in [-0.3, -0.25) is 0 Å². The van der Waals surface area contributed by atoms with Gasteiger partial charge in [0.2, 0.25) is 0 Å². The number of anilines is 3. The highest BCUT2D eigenvalue weighted by atomic mass is 16.5. The number of ether oxygens (including phenoxy) is 1. The quantitative estimate of drug-likeness (QED) is 0.632. The number of benzene rings is 2. The molecule has 5 nitrogen and oxygen atoms in total. The molecule has 0 radical (unpaired) electrons. The van der Waals surface area contributed by atoms with Crippen molar-refractivity contribution in [2.45, 2.75) is 27.2 Å². The van der Waals surface area contributed by atoms with Crippen LogP contribution in [0.4, 0.5) is 17.3 Å². The summed E-state index contributed by atoms with van der Waals surface area (Å²) in [5.41, 5.74) is 4.70. The average Bonchev–Trinajstić information content (AvgIpc) is 2.60. The summed E-state index contributed by atoms with van der Waals surface area (Å²) >= 11 is 0. The number of nitrogens with one attached hydrogen (secondary N) is 2. The Kier molecular flexibility index (Phi) is 5.91. The second kappa shape index (κ2) is 8.54. The largest absolute Gasteiger partial charge is 0.497 e. The third-order valence-electron chi connectivity index (χ3n) is 4.19. The predicted octanol–water partition coefficient (Wildman–Crippen LogP) is 4.81. The van der Waals surface area contributed by atoms with Crippen LogP contribution in [0, 0.1) is 20.8 Å². The summed E-state index contributed by atoms with van der Waals surface area (Å²) in [6, 6.07) is 16.4. The standard InChI is InChI=1S/C22H26N4O/c1-15-10-16(2)12-19(11-15)26-22-14-21(24-17(3)25-22)23-9-8-18-6-5-7-20(13-18)27-4/h5-7,10-14H,8-9H2,1-4H3,(H2,23,24,25,26). The van der Waals surface area contributed by atoms with Crippen LogP contribution in [0.25, 0.3) is 0 Å². The monoisotopic (exact) mass is 362 g/mol. The van der Waals surface area contributed by atoms with E-state index in [1.807, 2.05) is 25.1 Å². The Morgan fingerprint density at radius 1 is 0.889 bits per heavy atom. The van der Waals surface area contributed by atoms with Crippen molar-refractivity contribution in [3.8, 4) is 5.75 Å². The molecule has 0 aliphatic carbocycles. The van der Waals surface area contributed by atoms with Gasteiger partial charge in [-0.15, -0.1) is 0 Å². The van der Waals surface area contributed by atoms with Gasteiger partial charge in [0.25, 0.3) is 0 Å². The molecule has 1 heterocycles. The normalized spacial score (nSPS) is 10.5. The van der Waals surface area contributed by atoms with Crippen LogP contribution in [-0.4, -0.2) is 23.6 Å². The molecule has 0 aliphatic heterocycles. The first-order valence-electron chi connectivity index (χ1n) is 9.09. The van der Waals surface area contributed by atoms with Crippen LogP contribution < -0.4 is 15.4 Å². The molecule has 0 unspecified atom stereocenters. The zero-order chi connectivity index (χ0) is 19.2. The van der Waals surface area contributed by atoms with E-state index in [1.165, 1.54) is 16.7 Å². The molecule has 0 atom stereocenters. The highest BCUT2D eigenvalue weighted by Gasteiger charge is 2.04. The van der Waals surface area contributed by atoms with Gasteiger partial charge in [-0.1, -0.05) is 18.2 Å². The van der Waals surface area contributed by atoms with E-state index in [0.717, 1.165) is 41.9 Å². The molecule has 27 heavy (non-hydrogen) atoms. The van der Waals surface area contributed by atoms with Crippen molar-refractivity contribution in [2.75, 3.05) is 24.3 Å². The number of rotatable bonds is 7. The number of hydrogen-bond acceptors (Lipinski definition) is 5. The Morgan fingerprint density at radius 3 is 2.37 bits per heavy atom. The summed E-state index contributed by atoms with van der Waals surface area (Å²) in [5.74, 6) is 3.22. The molecule has 0 saturated heterocycles. The van der Waals surface area contributed by atoms with Crippen molar-refractivity contribution in [1.29, 1.82) is 0 Å². The Bertz CT molecular complexity index is 904. The fraction of sp³-hybridized carbons (Fsp3) is 0.273. The second-order valence-corrected chi connectivity index (χ2v) is 6.72.